The molecule has 0 saturated carbocycles. The van der Waals surface area contributed by atoms with Gasteiger partial charge in [0.15, 0.2) is 5.84 Å². The third-order valence-corrected chi connectivity index (χ3v) is 6.63. The highest BCUT2D eigenvalue weighted by Gasteiger charge is 2.36. The molecule has 0 radical (unpaired) electrons. The molecule has 0 atom stereocenters. The third kappa shape index (κ3) is 5.19. The van der Waals surface area contributed by atoms with Gasteiger partial charge in [0, 0.05) is 5.56 Å². The van der Waals surface area contributed by atoms with E-state index >= 15 is 0 Å². The quantitative estimate of drug-likeness (QED) is 0.318. The minimum absolute atomic E-state index is 0.0341. The van der Waals surface area contributed by atoms with Gasteiger partial charge in [-0.15, -0.1) is 0 Å². The number of hydrogen-bond acceptors (Lipinski definition) is 6. The molecular formula is C27H21ClN4O3S. The Morgan fingerprint density at radius 1 is 1.00 bits per heavy atom. The summed E-state index contributed by atoms with van der Waals surface area (Å²) in [7, 11) is 0. The lowest BCUT2D eigenvalue weighted by molar-refractivity contribution is -0.114. The first-order valence-corrected chi connectivity index (χ1v) is 12.3. The van der Waals surface area contributed by atoms with E-state index in [1.807, 2.05) is 73.7 Å². The summed E-state index contributed by atoms with van der Waals surface area (Å²) in [5, 5.41) is 15.9. The molecule has 0 saturated heterocycles. The topological polar surface area (TPSA) is 87.3 Å². The first-order valence-electron chi connectivity index (χ1n) is 11.2. The standard InChI is InChI=1S/C27H21ClN4O3S/c1-17-5-4-6-20(15-17)35-14-13-34-19-11-9-18(10-12-19)16-22-24(29)32-27(30-25(22)33)36-26(31-32)21-7-2-3-8-23(21)28/h2-12,15-16,29H,13-14H2,1H3/b22-16+,29-24?. The number of aryl methyl sites for hydroxylation is 1. The van der Waals surface area contributed by atoms with Crippen molar-refractivity contribution in [3.63, 3.8) is 0 Å². The van der Waals surface area contributed by atoms with Gasteiger partial charge in [0.1, 0.15) is 29.8 Å². The zero-order valence-corrected chi connectivity index (χ0v) is 20.8. The number of fused-ring (bicyclic) bond motifs is 1. The number of hydrogen-bond donors (Lipinski definition) is 1. The molecule has 0 aliphatic carbocycles. The lowest BCUT2D eigenvalue weighted by atomic mass is 10.1. The van der Waals surface area contributed by atoms with E-state index < -0.39 is 5.91 Å². The highest BCUT2D eigenvalue weighted by atomic mass is 35.5. The average Bonchev–Trinajstić information content (AvgIpc) is 3.29. The number of nitrogens with one attached hydrogen (secondary N) is 1. The van der Waals surface area contributed by atoms with E-state index in [-0.39, 0.29) is 11.4 Å². The van der Waals surface area contributed by atoms with E-state index in [2.05, 4.69) is 10.1 Å². The molecule has 0 fully saturated rings. The number of hydrazone groups is 1. The Hall–Kier alpha value is -3.88. The fourth-order valence-corrected chi connectivity index (χ4v) is 4.80. The predicted octanol–water partition coefficient (Wildman–Crippen LogP) is 5.77. The van der Waals surface area contributed by atoms with E-state index in [1.54, 1.807) is 12.1 Å². The first-order chi connectivity index (χ1) is 17.5. The van der Waals surface area contributed by atoms with Crippen molar-refractivity contribution in [2.45, 2.75) is 6.92 Å². The molecule has 36 heavy (non-hydrogen) atoms. The van der Waals surface area contributed by atoms with Gasteiger partial charge in [-0.1, -0.05) is 54.1 Å². The Morgan fingerprint density at radius 2 is 1.75 bits per heavy atom. The molecule has 0 aromatic heterocycles. The molecular weight excluding hydrogens is 496 g/mol. The number of rotatable bonds is 7. The summed E-state index contributed by atoms with van der Waals surface area (Å²) in [5.74, 6) is 0.974. The second-order valence-electron chi connectivity index (χ2n) is 7.99. The molecule has 2 heterocycles. The molecule has 5 rings (SSSR count). The van der Waals surface area contributed by atoms with Crippen LogP contribution in [-0.2, 0) is 4.79 Å². The number of halogens is 1. The second-order valence-corrected chi connectivity index (χ2v) is 9.35. The van der Waals surface area contributed by atoms with Gasteiger partial charge < -0.3 is 9.47 Å². The molecule has 1 amide bonds. The summed E-state index contributed by atoms with van der Waals surface area (Å²) < 4.78 is 11.5. The second kappa shape index (κ2) is 10.4. The maximum Gasteiger partial charge on any atom is 0.283 e. The molecule has 1 N–H and O–H groups in total. The molecule has 7 nitrogen and oxygen atoms in total. The minimum atomic E-state index is -0.483. The molecule has 3 aromatic rings. The Balaban J connectivity index is 1.23. The summed E-state index contributed by atoms with van der Waals surface area (Å²) in [5.41, 5.74) is 2.77. The van der Waals surface area contributed by atoms with Crippen LogP contribution in [0.1, 0.15) is 16.7 Å². The van der Waals surface area contributed by atoms with Crippen molar-refractivity contribution < 1.29 is 14.3 Å². The number of aliphatic imine (C=N–C) groups is 1. The van der Waals surface area contributed by atoms with Crippen molar-refractivity contribution in [3.8, 4) is 11.5 Å². The average molecular weight is 517 g/mol. The van der Waals surface area contributed by atoms with Gasteiger partial charge in [0.05, 0.1) is 10.6 Å². The Kier molecular flexibility index (Phi) is 6.88. The van der Waals surface area contributed by atoms with Gasteiger partial charge in [0.2, 0.25) is 5.17 Å². The van der Waals surface area contributed by atoms with E-state index in [0.29, 0.717) is 34.2 Å². The Bertz CT molecular complexity index is 1430. The maximum absolute atomic E-state index is 12.7. The number of nitrogens with zero attached hydrogens (tertiary/aromatic N) is 3. The largest absolute Gasteiger partial charge is 0.490 e. The number of amidine groups is 2. The lowest BCUT2D eigenvalue weighted by Crippen LogP contribution is -2.35. The summed E-state index contributed by atoms with van der Waals surface area (Å²) >= 11 is 7.50. The summed E-state index contributed by atoms with van der Waals surface area (Å²) in [6.07, 6.45) is 1.63. The van der Waals surface area contributed by atoms with Gasteiger partial charge in [-0.05, 0) is 66.2 Å². The van der Waals surface area contributed by atoms with Crippen LogP contribution in [-0.4, -0.2) is 40.2 Å². The first kappa shape index (κ1) is 23.8. The Morgan fingerprint density at radius 3 is 2.50 bits per heavy atom. The van der Waals surface area contributed by atoms with Crippen LogP contribution >= 0.6 is 23.4 Å². The SMILES string of the molecule is Cc1cccc(OCCOc2ccc(/C=C3\C(=N)N4N=C(c5ccccc5Cl)SC4=NC3=O)cc2)c1. The number of amides is 1. The monoisotopic (exact) mass is 516 g/mol. The normalized spacial score (nSPS) is 16.1. The van der Waals surface area contributed by atoms with Crippen molar-refractivity contribution in [1.29, 1.82) is 5.41 Å². The van der Waals surface area contributed by atoms with Crippen LogP contribution in [0.5, 0.6) is 11.5 Å². The van der Waals surface area contributed by atoms with E-state index in [1.165, 1.54) is 16.8 Å². The van der Waals surface area contributed by atoms with E-state index in [9.17, 15) is 4.79 Å². The third-order valence-electron chi connectivity index (χ3n) is 5.36. The zero-order valence-electron chi connectivity index (χ0n) is 19.3. The van der Waals surface area contributed by atoms with E-state index in [4.69, 9.17) is 26.5 Å². The molecule has 3 aromatic carbocycles. The van der Waals surface area contributed by atoms with Crippen LogP contribution in [0, 0.1) is 12.3 Å². The summed E-state index contributed by atoms with van der Waals surface area (Å²) in [6.45, 7) is 2.84. The number of carbonyl (C=O) groups excluding carboxylic acids is 1. The van der Waals surface area contributed by atoms with Gasteiger partial charge in [0.25, 0.3) is 5.91 Å². The van der Waals surface area contributed by atoms with Crippen LogP contribution < -0.4 is 9.47 Å². The minimum Gasteiger partial charge on any atom is -0.490 e. The fraction of sp³-hybridized carbons (Fsp3) is 0.111. The molecule has 2 aliphatic rings. The van der Waals surface area contributed by atoms with Crippen molar-refractivity contribution in [3.05, 3.63) is 100 Å². The highest BCUT2D eigenvalue weighted by molar-refractivity contribution is 8.27. The number of carbonyl (C=O) groups is 1. The van der Waals surface area contributed by atoms with Gasteiger partial charge in [-0.2, -0.15) is 15.1 Å². The number of thioether (sulfide) groups is 1. The lowest BCUT2D eigenvalue weighted by Gasteiger charge is -2.20. The summed E-state index contributed by atoms with van der Waals surface area (Å²) in [4.78, 5) is 16.8. The molecule has 2 aliphatic heterocycles. The van der Waals surface area contributed by atoms with Crippen LogP contribution in [0.3, 0.4) is 0 Å². The number of benzene rings is 3. The molecule has 0 spiro atoms. The Labute approximate surface area is 217 Å². The molecule has 9 heteroatoms. The van der Waals surface area contributed by atoms with Gasteiger partial charge in [-0.3, -0.25) is 10.2 Å². The van der Waals surface area contributed by atoms with Crippen molar-refractivity contribution in [2.24, 2.45) is 10.1 Å². The van der Waals surface area contributed by atoms with Crippen molar-refractivity contribution >= 4 is 51.4 Å². The zero-order chi connectivity index (χ0) is 25.1. The molecule has 0 bridgehead atoms. The molecule has 180 valence electrons. The van der Waals surface area contributed by atoms with Crippen LogP contribution in [0.2, 0.25) is 5.02 Å². The van der Waals surface area contributed by atoms with Crippen LogP contribution in [0.15, 0.2) is 88.5 Å². The highest BCUT2D eigenvalue weighted by Crippen LogP contribution is 2.33. The van der Waals surface area contributed by atoms with Crippen molar-refractivity contribution in [1.82, 2.24) is 5.01 Å². The fourth-order valence-electron chi connectivity index (χ4n) is 3.59. The van der Waals surface area contributed by atoms with Gasteiger partial charge in [-0.25, -0.2) is 0 Å². The maximum atomic E-state index is 12.7. The summed E-state index contributed by atoms with van der Waals surface area (Å²) in [6, 6.07) is 22.4. The van der Waals surface area contributed by atoms with E-state index in [0.717, 1.165) is 22.4 Å². The van der Waals surface area contributed by atoms with Crippen molar-refractivity contribution in [2.75, 3.05) is 13.2 Å². The number of ether oxygens (including phenoxy) is 2. The van der Waals surface area contributed by atoms with Gasteiger partial charge >= 0.3 is 0 Å². The molecule has 0 unspecified atom stereocenters. The van der Waals surface area contributed by atoms with Crippen LogP contribution in [0.25, 0.3) is 6.08 Å². The predicted molar refractivity (Wildman–Crippen MR) is 144 cm³/mol. The smallest absolute Gasteiger partial charge is 0.283 e. The van der Waals surface area contributed by atoms with Crippen LogP contribution in [0.4, 0.5) is 0 Å².